The van der Waals surface area contributed by atoms with Crippen LogP contribution in [0.15, 0.2) is 30.3 Å². The van der Waals surface area contributed by atoms with Gasteiger partial charge in [-0.05, 0) is 71.7 Å². The molecule has 0 bridgehead atoms. The van der Waals surface area contributed by atoms with Crippen LogP contribution in [0, 0.1) is 0 Å². The molecule has 0 radical (unpaired) electrons. The van der Waals surface area contributed by atoms with Gasteiger partial charge in [0.2, 0.25) is 0 Å². The molecule has 4 rings (SSSR count). The second kappa shape index (κ2) is 10.8. The number of aldehydes is 1. The Morgan fingerprint density at radius 2 is 1.77 bits per heavy atom. The lowest BCUT2D eigenvalue weighted by atomic mass is 9.79. The lowest BCUT2D eigenvalue weighted by molar-refractivity contribution is 0.0818. The van der Waals surface area contributed by atoms with Crippen molar-refractivity contribution in [2.24, 2.45) is 5.84 Å². The summed E-state index contributed by atoms with van der Waals surface area (Å²) in [5.74, 6) is 7.05. The molecule has 0 unspecified atom stereocenters. The topological polar surface area (TPSA) is 96.3 Å². The number of H-pyrrole nitrogens is 1. The Balaban J connectivity index is 0.000000225. The number of fused-ring (bicyclic) bond motifs is 1. The monoisotopic (exact) mass is 519 g/mol. The van der Waals surface area contributed by atoms with Crippen LogP contribution in [-0.2, 0) is 0 Å². The van der Waals surface area contributed by atoms with Crippen LogP contribution in [0.2, 0.25) is 10.0 Å². The number of hydrazine groups is 1. The normalized spacial score (nSPS) is 17.2. The number of aromatic amines is 1. The lowest BCUT2D eigenvalue weighted by Gasteiger charge is -2.48. The predicted octanol–water partition coefficient (Wildman–Crippen LogP) is 5.85. The molecule has 9 heteroatoms. The van der Waals surface area contributed by atoms with Crippen LogP contribution in [0.25, 0.3) is 22.4 Å². The number of carbonyl (C=O) groups excluding carboxylic acids is 1. The quantitative estimate of drug-likeness (QED) is 0.222. The molecule has 2 heterocycles. The number of piperidine rings is 1. The Bertz CT molecular complexity index is 1130. The Hall–Kier alpha value is -2.16. The van der Waals surface area contributed by atoms with Crippen LogP contribution in [0.1, 0.15) is 57.8 Å². The van der Waals surface area contributed by atoms with E-state index in [0.717, 1.165) is 30.2 Å². The van der Waals surface area contributed by atoms with Crippen LogP contribution in [0.5, 0.6) is 5.75 Å². The first-order chi connectivity index (χ1) is 16.3. The molecule has 1 aliphatic heterocycles. The van der Waals surface area contributed by atoms with Crippen LogP contribution in [-0.4, -0.2) is 52.0 Å². The molecule has 0 aliphatic carbocycles. The highest BCUT2D eigenvalue weighted by Gasteiger charge is 2.38. The zero-order valence-electron chi connectivity index (χ0n) is 21.2. The maximum atomic E-state index is 10.9. The van der Waals surface area contributed by atoms with Gasteiger partial charge >= 0.3 is 0 Å². The lowest BCUT2D eigenvalue weighted by Crippen LogP contribution is -2.62. The first kappa shape index (κ1) is 27.4. The van der Waals surface area contributed by atoms with E-state index in [1.165, 1.54) is 0 Å². The molecular formula is C26H35Cl2N5O2. The van der Waals surface area contributed by atoms with Crippen LogP contribution < -0.4 is 15.9 Å². The predicted molar refractivity (Wildman–Crippen MR) is 144 cm³/mol. The maximum Gasteiger partial charge on any atom is 0.150 e. The van der Waals surface area contributed by atoms with Crippen molar-refractivity contribution in [2.75, 3.05) is 13.7 Å². The number of nitrogens with two attached hydrogens (primary N) is 1. The van der Waals surface area contributed by atoms with E-state index in [2.05, 4.69) is 43.0 Å². The number of imidazole rings is 1. The number of halogens is 2. The zero-order valence-corrected chi connectivity index (χ0v) is 22.7. The minimum Gasteiger partial charge on any atom is -0.493 e. The number of hydrogen-bond donors (Lipinski definition) is 3. The fraction of sp³-hybridized carbons (Fsp3) is 0.462. The molecule has 0 amide bonds. The molecule has 35 heavy (non-hydrogen) atoms. The zero-order chi connectivity index (χ0) is 26.0. The van der Waals surface area contributed by atoms with Gasteiger partial charge in [-0.1, -0.05) is 29.3 Å². The summed E-state index contributed by atoms with van der Waals surface area (Å²) < 4.78 is 5.61. The van der Waals surface area contributed by atoms with Gasteiger partial charge in [0.15, 0.2) is 0 Å². The highest BCUT2D eigenvalue weighted by molar-refractivity contribution is 6.42. The smallest absolute Gasteiger partial charge is 0.150 e. The third-order valence-corrected chi connectivity index (χ3v) is 6.69. The van der Waals surface area contributed by atoms with Crippen LogP contribution in [0.4, 0.5) is 0 Å². The van der Waals surface area contributed by atoms with Gasteiger partial charge in [0.25, 0.3) is 0 Å². The van der Waals surface area contributed by atoms with E-state index in [1.807, 2.05) is 19.0 Å². The minimum absolute atomic E-state index is 0.194. The Kier molecular flexibility index (Phi) is 8.50. The molecule has 190 valence electrons. The summed E-state index contributed by atoms with van der Waals surface area (Å²) in [6, 6.07) is 9.15. The molecule has 1 aromatic heterocycles. The van der Waals surface area contributed by atoms with Gasteiger partial charge in [-0.25, -0.2) is 9.99 Å². The highest BCUT2D eigenvalue weighted by atomic mass is 35.5. The van der Waals surface area contributed by atoms with Gasteiger partial charge in [-0.15, -0.1) is 0 Å². The van der Waals surface area contributed by atoms with Crippen molar-refractivity contribution in [3.8, 4) is 17.1 Å². The SMILES string of the molecule is CCOc1cc(C=O)ccc1-c1nc2cc(Cl)c(Cl)cc2[nH]1.CN(N)C1CC(C)(C)NC(C)(C)C1. The van der Waals surface area contributed by atoms with E-state index in [-0.39, 0.29) is 11.1 Å². The summed E-state index contributed by atoms with van der Waals surface area (Å²) in [6.45, 7) is 11.3. The number of benzene rings is 2. The van der Waals surface area contributed by atoms with Gasteiger partial charge < -0.3 is 15.0 Å². The molecule has 1 fully saturated rings. The van der Waals surface area contributed by atoms with Gasteiger partial charge in [-0.2, -0.15) is 0 Å². The Morgan fingerprint density at radius 3 is 2.34 bits per heavy atom. The van der Waals surface area contributed by atoms with Crippen molar-refractivity contribution in [1.29, 1.82) is 0 Å². The Morgan fingerprint density at radius 1 is 1.14 bits per heavy atom. The molecule has 0 atom stereocenters. The molecular weight excluding hydrogens is 485 g/mol. The minimum atomic E-state index is 0.194. The second-order valence-corrected chi connectivity index (χ2v) is 11.1. The van der Waals surface area contributed by atoms with E-state index < -0.39 is 0 Å². The molecule has 1 saturated heterocycles. The standard InChI is InChI=1S/C16H12Cl2N2O2.C10H23N3/c1-2-22-15-5-9(8-21)3-4-10(15)16-19-13-6-11(17)12(18)7-14(13)20-16;1-9(2)6-8(13(5)11)7-10(3,4)12-9/h3-8H,2H2,1H3,(H,19,20);8,12H,6-7,11H2,1-5H3. The summed E-state index contributed by atoms with van der Waals surface area (Å²) in [4.78, 5) is 18.6. The van der Waals surface area contributed by atoms with Gasteiger partial charge in [0.05, 0.1) is 33.2 Å². The van der Waals surface area contributed by atoms with Crippen molar-refractivity contribution in [3.05, 3.63) is 45.9 Å². The summed E-state index contributed by atoms with van der Waals surface area (Å²) in [5.41, 5.74) is 3.21. The van der Waals surface area contributed by atoms with Crippen molar-refractivity contribution in [1.82, 2.24) is 20.3 Å². The first-order valence-corrected chi connectivity index (χ1v) is 12.4. The number of nitrogens with zero attached hydrogens (tertiary/aromatic N) is 2. The summed E-state index contributed by atoms with van der Waals surface area (Å²) >= 11 is 12.0. The van der Waals surface area contributed by atoms with Crippen molar-refractivity contribution >= 4 is 40.5 Å². The van der Waals surface area contributed by atoms with Crippen molar-refractivity contribution in [2.45, 2.75) is 64.6 Å². The molecule has 2 aromatic carbocycles. The summed E-state index contributed by atoms with van der Waals surface area (Å²) in [7, 11) is 1.96. The number of nitrogens with one attached hydrogen (secondary N) is 2. The van der Waals surface area contributed by atoms with E-state index in [1.54, 1.807) is 30.3 Å². The van der Waals surface area contributed by atoms with Gasteiger partial charge in [0, 0.05) is 29.7 Å². The molecule has 4 N–H and O–H groups in total. The average molecular weight is 521 g/mol. The van der Waals surface area contributed by atoms with Crippen LogP contribution in [0.3, 0.4) is 0 Å². The number of aromatic nitrogens is 2. The molecule has 1 aliphatic rings. The molecule has 3 aromatic rings. The average Bonchev–Trinajstić information content (AvgIpc) is 3.14. The number of carbonyl (C=O) groups is 1. The third kappa shape index (κ3) is 6.96. The Labute approximate surface area is 217 Å². The van der Waals surface area contributed by atoms with E-state index in [4.69, 9.17) is 33.8 Å². The fourth-order valence-corrected chi connectivity index (χ4v) is 5.09. The third-order valence-electron chi connectivity index (χ3n) is 5.97. The maximum absolute atomic E-state index is 10.9. The second-order valence-electron chi connectivity index (χ2n) is 10.3. The largest absolute Gasteiger partial charge is 0.493 e. The summed E-state index contributed by atoms with van der Waals surface area (Å²) in [5, 5.41) is 6.40. The van der Waals surface area contributed by atoms with Gasteiger partial charge in [-0.3, -0.25) is 10.6 Å². The van der Waals surface area contributed by atoms with Crippen molar-refractivity contribution < 1.29 is 9.53 Å². The summed E-state index contributed by atoms with van der Waals surface area (Å²) in [6.07, 6.45) is 3.01. The number of ether oxygens (including phenoxy) is 1. The number of rotatable bonds is 5. The molecule has 0 saturated carbocycles. The van der Waals surface area contributed by atoms with Crippen LogP contribution >= 0.6 is 23.2 Å². The highest BCUT2D eigenvalue weighted by Crippen LogP contribution is 2.33. The van der Waals surface area contributed by atoms with E-state index in [0.29, 0.717) is 45.3 Å². The number of hydrogen-bond acceptors (Lipinski definition) is 6. The molecule has 7 nitrogen and oxygen atoms in total. The fourth-order valence-electron chi connectivity index (χ4n) is 4.77. The van der Waals surface area contributed by atoms with Gasteiger partial charge in [0.1, 0.15) is 17.9 Å². The van der Waals surface area contributed by atoms with E-state index >= 15 is 0 Å². The molecule has 0 spiro atoms. The van der Waals surface area contributed by atoms with Crippen molar-refractivity contribution in [3.63, 3.8) is 0 Å². The first-order valence-electron chi connectivity index (χ1n) is 11.7. The van der Waals surface area contributed by atoms with E-state index in [9.17, 15) is 4.79 Å².